The van der Waals surface area contributed by atoms with Crippen LogP contribution in [0.2, 0.25) is 0 Å². The molecule has 0 N–H and O–H groups in total. The van der Waals surface area contributed by atoms with Gasteiger partial charge in [0.25, 0.3) is 0 Å². The Bertz CT molecular complexity index is 1040. The standard InChI is InChI=1S/C49H86O4/c1-6-9-12-15-16-20-25-40-30-29-39(24-19-13-10-7-2)43(26-21-14-11-8-3)44(40)27-22-17-18-23-28-48(50)52-36-42-33-41-34-46(42)47-32-38(31-45(41)47)35-53-49(51)37(4)5/h38-47H,4,6-36H2,1-3,5H3. The lowest BCUT2D eigenvalue weighted by Gasteiger charge is -2.44. The van der Waals surface area contributed by atoms with Crippen molar-refractivity contribution in [2.24, 2.45) is 59.2 Å². The first kappa shape index (κ1) is 44.4. The smallest absolute Gasteiger partial charge is 0.333 e. The molecule has 0 aromatic carbocycles. The zero-order valence-electron chi connectivity index (χ0n) is 35.5. The van der Waals surface area contributed by atoms with Crippen LogP contribution in [0, 0.1) is 59.2 Å². The fourth-order valence-electron chi connectivity index (χ4n) is 12.2. The van der Waals surface area contributed by atoms with Gasteiger partial charge in [0.05, 0.1) is 13.2 Å². The van der Waals surface area contributed by atoms with Gasteiger partial charge in [-0.05, 0) is 124 Å². The van der Waals surface area contributed by atoms with E-state index in [-0.39, 0.29) is 11.9 Å². The van der Waals surface area contributed by atoms with Crippen LogP contribution < -0.4 is 0 Å². The highest BCUT2D eigenvalue weighted by molar-refractivity contribution is 5.86. The molecule has 4 heteroatoms. The predicted molar refractivity (Wildman–Crippen MR) is 223 cm³/mol. The van der Waals surface area contributed by atoms with Gasteiger partial charge in [-0.15, -0.1) is 0 Å². The van der Waals surface area contributed by atoms with Crippen molar-refractivity contribution < 1.29 is 19.1 Å². The minimum absolute atomic E-state index is 0.0321. The molecule has 0 amide bonds. The number of rotatable bonds is 29. The van der Waals surface area contributed by atoms with Gasteiger partial charge in [0.1, 0.15) is 0 Å². The van der Waals surface area contributed by atoms with Crippen molar-refractivity contribution in [3.8, 4) is 0 Å². The molecule has 4 aliphatic rings. The van der Waals surface area contributed by atoms with Gasteiger partial charge in [0.15, 0.2) is 0 Å². The molecule has 10 atom stereocenters. The van der Waals surface area contributed by atoms with E-state index in [0.29, 0.717) is 43.0 Å². The average Bonchev–Trinajstić information content (AvgIpc) is 3.86. The Balaban J connectivity index is 1.17. The van der Waals surface area contributed by atoms with Crippen LogP contribution in [0.1, 0.15) is 214 Å². The highest BCUT2D eigenvalue weighted by Crippen LogP contribution is 2.62. The summed E-state index contributed by atoms with van der Waals surface area (Å²) in [6, 6.07) is 0. The van der Waals surface area contributed by atoms with Gasteiger partial charge < -0.3 is 9.47 Å². The van der Waals surface area contributed by atoms with E-state index in [9.17, 15) is 9.59 Å². The van der Waals surface area contributed by atoms with E-state index >= 15 is 0 Å². The number of esters is 2. The molecule has 0 spiro atoms. The molecule has 4 aliphatic carbocycles. The SMILES string of the molecule is C=C(C)C(=O)OCC1CC2C3CC(COC(=O)CCCCCCC4C(CCCCCCCC)CCC(CCCCCC)C4CCCCCC)C(C3)C2C1. The van der Waals surface area contributed by atoms with E-state index < -0.39 is 0 Å². The third-order valence-corrected chi connectivity index (χ3v) is 15.0. The summed E-state index contributed by atoms with van der Waals surface area (Å²) < 4.78 is 11.5. The normalized spacial score (nSPS) is 30.4. The van der Waals surface area contributed by atoms with Crippen molar-refractivity contribution in [2.45, 2.75) is 214 Å². The van der Waals surface area contributed by atoms with Crippen LogP contribution in [-0.2, 0) is 19.1 Å². The van der Waals surface area contributed by atoms with Crippen LogP contribution in [0.5, 0.6) is 0 Å². The molecule has 53 heavy (non-hydrogen) atoms. The number of hydrogen-bond donors (Lipinski definition) is 0. The number of carbonyl (C=O) groups is 2. The summed E-state index contributed by atoms with van der Waals surface area (Å²) in [5.74, 6) is 7.59. The monoisotopic (exact) mass is 739 g/mol. The Hall–Kier alpha value is -1.32. The molecule has 4 rings (SSSR count). The van der Waals surface area contributed by atoms with E-state index in [0.717, 1.165) is 47.8 Å². The van der Waals surface area contributed by atoms with Gasteiger partial charge >= 0.3 is 11.9 Å². The molecular formula is C49H86O4. The van der Waals surface area contributed by atoms with Crippen LogP contribution in [0.15, 0.2) is 12.2 Å². The molecule has 0 saturated heterocycles. The van der Waals surface area contributed by atoms with Crippen LogP contribution in [-0.4, -0.2) is 25.2 Å². The minimum atomic E-state index is -0.255. The van der Waals surface area contributed by atoms with Gasteiger partial charge in [0, 0.05) is 12.0 Å². The third-order valence-electron chi connectivity index (χ3n) is 15.0. The molecular weight excluding hydrogens is 653 g/mol. The molecule has 306 valence electrons. The zero-order valence-corrected chi connectivity index (χ0v) is 35.5. The second kappa shape index (κ2) is 25.0. The summed E-state index contributed by atoms with van der Waals surface area (Å²) in [7, 11) is 0. The lowest BCUT2D eigenvalue weighted by molar-refractivity contribution is -0.146. The van der Waals surface area contributed by atoms with Crippen molar-refractivity contribution >= 4 is 11.9 Å². The van der Waals surface area contributed by atoms with Gasteiger partial charge in [-0.25, -0.2) is 4.79 Å². The largest absolute Gasteiger partial charge is 0.465 e. The maximum Gasteiger partial charge on any atom is 0.333 e. The van der Waals surface area contributed by atoms with Crippen LogP contribution in [0.3, 0.4) is 0 Å². The van der Waals surface area contributed by atoms with E-state index in [4.69, 9.17) is 9.47 Å². The van der Waals surface area contributed by atoms with Gasteiger partial charge in [-0.1, -0.05) is 149 Å². The Morgan fingerprint density at radius 3 is 1.62 bits per heavy atom. The van der Waals surface area contributed by atoms with Crippen molar-refractivity contribution in [2.75, 3.05) is 13.2 Å². The summed E-state index contributed by atoms with van der Waals surface area (Å²) in [4.78, 5) is 24.8. The Morgan fingerprint density at radius 2 is 1.04 bits per heavy atom. The Morgan fingerprint density at radius 1 is 0.528 bits per heavy atom. The van der Waals surface area contributed by atoms with Crippen LogP contribution >= 0.6 is 0 Å². The summed E-state index contributed by atoms with van der Waals surface area (Å²) >= 11 is 0. The topological polar surface area (TPSA) is 52.6 Å². The molecule has 2 bridgehead atoms. The maximum atomic E-state index is 12.9. The summed E-state index contributed by atoms with van der Waals surface area (Å²) in [5.41, 5.74) is 0.486. The second-order valence-electron chi connectivity index (χ2n) is 19.0. The first-order valence-electron chi connectivity index (χ1n) is 23.8. The Labute approximate surface area is 328 Å². The summed E-state index contributed by atoms with van der Waals surface area (Å²) in [6.07, 6.45) is 38.9. The number of hydrogen-bond acceptors (Lipinski definition) is 4. The Kier molecular flexibility index (Phi) is 21.0. The fraction of sp³-hybridized carbons (Fsp3) is 0.918. The predicted octanol–water partition coefficient (Wildman–Crippen LogP) is 14.2. The van der Waals surface area contributed by atoms with Gasteiger partial charge in [-0.2, -0.15) is 0 Å². The van der Waals surface area contributed by atoms with Gasteiger partial charge in [-0.3, -0.25) is 4.79 Å². The third kappa shape index (κ3) is 14.6. The second-order valence-corrected chi connectivity index (χ2v) is 19.0. The minimum Gasteiger partial charge on any atom is -0.465 e. The molecule has 4 nitrogen and oxygen atoms in total. The molecule has 4 saturated carbocycles. The molecule has 0 aromatic rings. The lowest BCUT2D eigenvalue weighted by Crippen LogP contribution is -2.35. The van der Waals surface area contributed by atoms with E-state index in [1.165, 1.54) is 173 Å². The average molecular weight is 739 g/mol. The summed E-state index contributed by atoms with van der Waals surface area (Å²) in [5, 5.41) is 0. The number of unbranched alkanes of at least 4 members (excludes halogenated alkanes) is 14. The molecule has 0 heterocycles. The number of carbonyl (C=O) groups excluding carboxylic acids is 2. The first-order valence-corrected chi connectivity index (χ1v) is 23.8. The maximum absolute atomic E-state index is 12.9. The fourth-order valence-corrected chi connectivity index (χ4v) is 12.2. The highest BCUT2D eigenvalue weighted by Gasteiger charge is 2.56. The lowest BCUT2D eigenvalue weighted by atomic mass is 9.61. The highest BCUT2D eigenvalue weighted by atomic mass is 16.5. The van der Waals surface area contributed by atoms with E-state index in [1.807, 2.05) is 0 Å². The molecule has 0 aliphatic heterocycles. The molecule has 4 fully saturated rings. The van der Waals surface area contributed by atoms with Crippen LogP contribution in [0.25, 0.3) is 0 Å². The number of ether oxygens (including phenoxy) is 2. The molecule has 0 radical (unpaired) electrons. The molecule has 10 unspecified atom stereocenters. The van der Waals surface area contributed by atoms with Crippen LogP contribution in [0.4, 0.5) is 0 Å². The van der Waals surface area contributed by atoms with E-state index in [1.54, 1.807) is 6.92 Å². The first-order chi connectivity index (χ1) is 25.9. The molecule has 0 aromatic heterocycles. The van der Waals surface area contributed by atoms with Crippen molar-refractivity contribution in [3.05, 3.63) is 12.2 Å². The van der Waals surface area contributed by atoms with Crippen molar-refractivity contribution in [1.82, 2.24) is 0 Å². The zero-order chi connectivity index (χ0) is 37.8. The van der Waals surface area contributed by atoms with E-state index in [2.05, 4.69) is 27.4 Å². The van der Waals surface area contributed by atoms with Gasteiger partial charge in [0.2, 0.25) is 0 Å². The van der Waals surface area contributed by atoms with Crippen molar-refractivity contribution in [3.63, 3.8) is 0 Å². The summed E-state index contributed by atoms with van der Waals surface area (Å²) in [6.45, 7) is 13.6. The quantitative estimate of drug-likeness (QED) is 0.0435. The van der Waals surface area contributed by atoms with Crippen molar-refractivity contribution in [1.29, 1.82) is 0 Å². The number of fused-ring (bicyclic) bond motifs is 5.